The Kier molecular flexibility index (Phi) is 11.3. The molecule has 5 aromatic rings. The lowest BCUT2D eigenvalue weighted by molar-refractivity contribution is -0.118. The number of carbonyl (C=O) groups is 2. The fourth-order valence-corrected chi connectivity index (χ4v) is 5.10. The number of furan rings is 1. The predicted octanol–water partition coefficient (Wildman–Crippen LogP) is 7.31. The Bertz CT molecular complexity index is 1940. The molecule has 5 rings (SSSR count). The molecule has 11 heteroatoms. The minimum Gasteiger partial charge on any atom is -0.490 e. The van der Waals surface area contributed by atoms with Crippen molar-refractivity contribution in [3.8, 4) is 22.9 Å². The minimum atomic E-state index is -0.550. The lowest BCUT2D eigenvalue weighted by atomic mass is 10.1. The van der Waals surface area contributed by atoms with Crippen LogP contribution in [-0.2, 0) is 17.8 Å². The number of aromatic nitrogens is 1. The van der Waals surface area contributed by atoms with Crippen molar-refractivity contribution in [2.45, 2.75) is 33.8 Å². The second kappa shape index (κ2) is 16.1. The SMILES string of the molecule is C=CCc1cc(/C=N/NC(=O)c2ccc(COc3ccc(-n4c(C)ccc4C)cc3)o2)cc(OCC)c1OCC(=O)Nc1ccccc1F. The van der Waals surface area contributed by atoms with E-state index in [9.17, 15) is 14.0 Å². The Morgan fingerprint density at radius 2 is 1.71 bits per heavy atom. The molecule has 0 saturated carbocycles. The molecule has 252 valence electrons. The Labute approximate surface area is 283 Å². The van der Waals surface area contributed by atoms with Crippen molar-refractivity contribution < 1.29 is 32.6 Å². The van der Waals surface area contributed by atoms with E-state index in [1.54, 1.807) is 36.4 Å². The van der Waals surface area contributed by atoms with Crippen molar-refractivity contribution in [1.29, 1.82) is 0 Å². The van der Waals surface area contributed by atoms with E-state index in [4.69, 9.17) is 18.6 Å². The summed E-state index contributed by atoms with van der Waals surface area (Å²) in [4.78, 5) is 25.2. The first-order valence-corrected chi connectivity index (χ1v) is 15.6. The number of para-hydroxylation sites is 1. The van der Waals surface area contributed by atoms with Crippen LogP contribution < -0.4 is 25.0 Å². The van der Waals surface area contributed by atoms with Crippen LogP contribution in [0, 0.1) is 19.7 Å². The zero-order valence-electron chi connectivity index (χ0n) is 27.5. The molecule has 10 nitrogen and oxygen atoms in total. The molecule has 0 aliphatic rings. The van der Waals surface area contributed by atoms with Gasteiger partial charge >= 0.3 is 5.91 Å². The van der Waals surface area contributed by atoms with Gasteiger partial charge in [0.15, 0.2) is 23.9 Å². The van der Waals surface area contributed by atoms with Crippen LogP contribution in [0.5, 0.6) is 17.2 Å². The average Bonchev–Trinajstić information content (AvgIpc) is 3.71. The van der Waals surface area contributed by atoms with Gasteiger partial charge in [0, 0.05) is 22.6 Å². The molecule has 2 aromatic heterocycles. The van der Waals surface area contributed by atoms with Gasteiger partial charge in [0.25, 0.3) is 5.91 Å². The molecule has 0 fully saturated rings. The van der Waals surface area contributed by atoms with Gasteiger partial charge in [-0.2, -0.15) is 5.10 Å². The van der Waals surface area contributed by atoms with Crippen LogP contribution >= 0.6 is 0 Å². The van der Waals surface area contributed by atoms with E-state index in [0.717, 1.165) is 17.1 Å². The van der Waals surface area contributed by atoms with Gasteiger partial charge in [0.2, 0.25) is 0 Å². The first kappa shape index (κ1) is 34.2. The number of nitrogens with zero attached hydrogens (tertiary/aromatic N) is 2. The molecule has 2 N–H and O–H groups in total. The summed E-state index contributed by atoms with van der Waals surface area (Å²) in [6, 6.07) is 24.4. The van der Waals surface area contributed by atoms with Gasteiger partial charge in [-0.25, -0.2) is 9.82 Å². The molecule has 0 unspecified atom stereocenters. The summed E-state index contributed by atoms with van der Waals surface area (Å²) in [6.45, 7) is 9.83. The summed E-state index contributed by atoms with van der Waals surface area (Å²) in [6.07, 6.45) is 3.53. The van der Waals surface area contributed by atoms with Crippen molar-refractivity contribution in [3.05, 3.63) is 137 Å². The number of allylic oxidation sites excluding steroid dienone is 1. The molecule has 3 aromatic carbocycles. The molecule has 0 saturated heterocycles. The highest BCUT2D eigenvalue weighted by Gasteiger charge is 2.16. The first-order valence-electron chi connectivity index (χ1n) is 15.6. The molecule has 2 amide bonds. The molecule has 49 heavy (non-hydrogen) atoms. The number of hydrazone groups is 1. The van der Waals surface area contributed by atoms with Crippen molar-refractivity contribution >= 4 is 23.7 Å². The van der Waals surface area contributed by atoms with Gasteiger partial charge in [-0.15, -0.1) is 6.58 Å². The van der Waals surface area contributed by atoms with Gasteiger partial charge in [0.1, 0.15) is 23.9 Å². The molecule has 0 bridgehead atoms. The molecule has 0 radical (unpaired) electrons. The molecule has 0 atom stereocenters. The molecule has 0 spiro atoms. The van der Waals surface area contributed by atoms with Crippen LogP contribution in [0.4, 0.5) is 10.1 Å². The monoisotopic (exact) mass is 664 g/mol. The van der Waals surface area contributed by atoms with Gasteiger partial charge in [-0.3, -0.25) is 9.59 Å². The molecule has 2 heterocycles. The molecular weight excluding hydrogens is 627 g/mol. The second-order valence-electron chi connectivity index (χ2n) is 10.9. The maximum atomic E-state index is 14.0. The number of carbonyl (C=O) groups excluding carboxylic acids is 2. The van der Waals surface area contributed by atoms with Gasteiger partial charge in [-0.1, -0.05) is 18.2 Å². The van der Waals surface area contributed by atoms with Crippen LogP contribution in [0.2, 0.25) is 0 Å². The van der Waals surface area contributed by atoms with Crippen molar-refractivity contribution in [2.75, 3.05) is 18.5 Å². The number of hydrogen-bond donors (Lipinski definition) is 2. The summed E-state index contributed by atoms with van der Waals surface area (Å²) in [5, 5.41) is 6.58. The van der Waals surface area contributed by atoms with E-state index in [0.29, 0.717) is 47.2 Å². The largest absolute Gasteiger partial charge is 0.490 e. The van der Waals surface area contributed by atoms with E-state index in [1.807, 2.05) is 31.2 Å². The minimum absolute atomic E-state index is 0.0557. The number of nitrogens with one attached hydrogen (secondary N) is 2. The van der Waals surface area contributed by atoms with Gasteiger partial charge in [0.05, 0.1) is 18.5 Å². The van der Waals surface area contributed by atoms with Crippen LogP contribution in [0.25, 0.3) is 5.69 Å². The van der Waals surface area contributed by atoms with E-state index in [-0.39, 0.29) is 24.7 Å². The Hall–Kier alpha value is -6.10. The smallest absolute Gasteiger partial charge is 0.307 e. The Balaban J connectivity index is 1.18. The zero-order valence-corrected chi connectivity index (χ0v) is 27.5. The lowest BCUT2D eigenvalue weighted by Crippen LogP contribution is -2.21. The van der Waals surface area contributed by atoms with Crippen LogP contribution in [-0.4, -0.2) is 35.8 Å². The third-order valence-electron chi connectivity index (χ3n) is 7.33. The third kappa shape index (κ3) is 8.83. The summed E-state index contributed by atoms with van der Waals surface area (Å²) in [5.41, 5.74) is 7.14. The highest BCUT2D eigenvalue weighted by Crippen LogP contribution is 2.34. The zero-order chi connectivity index (χ0) is 34.8. The third-order valence-corrected chi connectivity index (χ3v) is 7.33. The van der Waals surface area contributed by atoms with Crippen LogP contribution in [0.1, 0.15) is 45.8 Å². The highest BCUT2D eigenvalue weighted by molar-refractivity contribution is 5.93. The summed E-state index contributed by atoms with van der Waals surface area (Å²) in [5.74, 6) is 0.307. The van der Waals surface area contributed by atoms with Crippen molar-refractivity contribution in [3.63, 3.8) is 0 Å². The Morgan fingerprint density at radius 1 is 0.959 bits per heavy atom. The number of benzene rings is 3. The molecule has 0 aliphatic carbocycles. The number of rotatable bonds is 15. The first-order chi connectivity index (χ1) is 23.7. The maximum Gasteiger partial charge on any atom is 0.307 e. The standard InChI is InChI=1S/C38H37FN4O6/c1-5-9-28-20-27(21-35(46-6-2)37(28)48-24-36(44)41-33-11-8-7-10-32(33)39)22-40-42-38(45)34-19-18-31(49-34)23-47-30-16-14-29(15-17-30)43-25(3)12-13-26(43)4/h5,7-8,10-22H,1,6,9,23-24H2,2-4H3,(H,41,44)(H,42,45)/b40-22+. The topological polar surface area (TPSA) is 116 Å². The van der Waals surface area contributed by atoms with Gasteiger partial charge in [-0.05, 0) is 106 Å². The fourth-order valence-electron chi connectivity index (χ4n) is 5.10. The molecular formula is C38H37FN4O6. The van der Waals surface area contributed by atoms with Crippen molar-refractivity contribution in [2.24, 2.45) is 5.10 Å². The quantitative estimate of drug-likeness (QED) is 0.0689. The van der Waals surface area contributed by atoms with E-state index < -0.39 is 17.6 Å². The highest BCUT2D eigenvalue weighted by atomic mass is 19.1. The lowest BCUT2D eigenvalue weighted by Gasteiger charge is -2.16. The number of hydrogen-bond acceptors (Lipinski definition) is 7. The van der Waals surface area contributed by atoms with Gasteiger partial charge < -0.3 is 28.5 Å². The average molecular weight is 665 g/mol. The van der Waals surface area contributed by atoms with Crippen LogP contribution in [0.15, 0.2) is 107 Å². The Morgan fingerprint density at radius 3 is 2.43 bits per heavy atom. The maximum absolute atomic E-state index is 14.0. The summed E-state index contributed by atoms with van der Waals surface area (Å²) in [7, 11) is 0. The number of amides is 2. The second-order valence-corrected chi connectivity index (χ2v) is 10.9. The molecule has 0 aliphatic heterocycles. The predicted molar refractivity (Wildman–Crippen MR) is 185 cm³/mol. The number of anilines is 1. The van der Waals surface area contributed by atoms with E-state index in [1.165, 1.54) is 24.4 Å². The summed E-state index contributed by atoms with van der Waals surface area (Å²) < 4.78 is 39.3. The normalized spacial score (nSPS) is 10.9. The van der Waals surface area contributed by atoms with Crippen LogP contribution in [0.3, 0.4) is 0 Å². The number of ether oxygens (including phenoxy) is 3. The van der Waals surface area contributed by atoms with E-state index in [2.05, 4.69) is 53.0 Å². The van der Waals surface area contributed by atoms with Crippen molar-refractivity contribution in [1.82, 2.24) is 9.99 Å². The number of halogens is 1. The van der Waals surface area contributed by atoms with E-state index >= 15 is 0 Å². The summed E-state index contributed by atoms with van der Waals surface area (Å²) >= 11 is 0. The number of aryl methyl sites for hydroxylation is 2. The fraction of sp³-hybridized carbons (Fsp3) is 0.184.